The maximum absolute atomic E-state index is 13.2. The highest BCUT2D eigenvalue weighted by molar-refractivity contribution is 7.89. The predicted octanol–water partition coefficient (Wildman–Crippen LogP) is 4.09. The summed E-state index contributed by atoms with van der Waals surface area (Å²) in [6.45, 7) is 3.95. The molecule has 3 aromatic carbocycles. The molecule has 6 nitrogen and oxygen atoms in total. The Morgan fingerprint density at radius 2 is 1.70 bits per heavy atom. The number of aryl methyl sites for hydroxylation is 2. The maximum Gasteiger partial charge on any atom is 0.338 e. The lowest BCUT2D eigenvalue weighted by atomic mass is 10.0. The van der Waals surface area contributed by atoms with Crippen molar-refractivity contribution in [3.63, 3.8) is 0 Å². The zero-order valence-corrected chi connectivity index (χ0v) is 19.4. The largest absolute Gasteiger partial charge is 0.454 e. The number of sulfonamides is 1. The maximum atomic E-state index is 13.2. The van der Waals surface area contributed by atoms with Crippen LogP contribution in [0.5, 0.6) is 0 Å². The van der Waals surface area contributed by atoms with Gasteiger partial charge >= 0.3 is 5.97 Å². The molecule has 170 valence electrons. The minimum absolute atomic E-state index is 0.0252. The highest BCUT2D eigenvalue weighted by Crippen LogP contribution is 2.25. The molecule has 0 atom stereocenters. The summed E-state index contributed by atoms with van der Waals surface area (Å²) in [4.78, 5) is 25.1. The van der Waals surface area contributed by atoms with Gasteiger partial charge in [0.25, 0.3) is 0 Å². The zero-order chi connectivity index (χ0) is 23.6. The summed E-state index contributed by atoms with van der Waals surface area (Å²) in [5, 5.41) is 0. The highest BCUT2D eigenvalue weighted by Gasteiger charge is 2.29. The average Bonchev–Trinajstić information content (AvgIpc) is 2.83. The van der Waals surface area contributed by atoms with E-state index in [1.165, 1.54) is 28.6 Å². The Bertz CT molecular complexity index is 1330. The predicted molar refractivity (Wildman–Crippen MR) is 125 cm³/mol. The molecule has 0 N–H and O–H groups in total. The average molecular weight is 464 g/mol. The monoisotopic (exact) mass is 463 g/mol. The van der Waals surface area contributed by atoms with E-state index < -0.39 is 22.6 Å². The van der Waals surface area contributed by atoms with Gasteiger partial charge in [0.15, 0.2) is 6.61 Å². The van der Waals surface area contributed by atoms with E-state index in [-0.39, 0.29) is 22.8 Å². The first kappa shape index (κ1) is 22.9. The molecule has 0 aromatic heterocycles. The summed E-state index contributed by atoms with van der Waals surface area (Å²) in [6.07, 6.45) is 0.637. The Kier molecular flexibility index (Phi) is 6.44. The van der Waals surface area contributed by atoms with Crippen LogP contribution in [0.2, 0.25) is 0 Å². The summed E-state index contributed by atoms with van der Waals surface area (Å²) in [7, 11) is -3.79. The molecule has 1 aliphatic heterocycles. The molecule has 4 rings (SSSR count). The van der Waals surface area contributed by atoms with Crippen molar-refractivity contribution in [2.24, 2.45) is 0 Å². The van der Waals surface area contributed by atoms with E-state index in [1.807, 2.05) is 50.2 Å². The van der Waals surface area contributed by atoms with E-state index in [9.17, 15) is 18.0 Å². The van der Waals surface area contributed by atoms with Gasteiger partial charge in [-0.1, -0.05) is 48.0 Å². The molecule has 1 aliphatic rings. The van der Waals surface area contributed by atoms with Crippen LogP contribution in [0.1, 0.15) is 43.0 Å². The highest BCUT2D eigenvalue weighted by atomic mass is 32.2. The number of Topliss-reactive ketones (excluding diaryl/α,β-unsaturated/α-hetero) is 1. The van der Waals surface area contributed by atoms with E-state index >= 15 is 0 Å². The number of benzene rings is 3. The van der Waals surface area contributed by atoms with E-state index in [2.05, 4.69) is 0 Å². The van der Waals surface area contributed by atoms with Crippen molar-refractivity contribution in [2.75, 3.05) is 13.2 Å². The number of hydrogen-bond acceptors (Lipinski definition) is 5. The van der Waals surface area contributed by atoms with Crippen molar-refractivity contribution in [3.8, 4) is 0 Å². The molecule has 33 heavy (non-hydrogen) atoms. The number of ether oxygens (including phenoxy) is 1. The van der Waals surface area contributed by atoms with Crippen molar-refractivity contribution < 1.29 is 22.7 Å². The molecule has 0 saturated carbocycles. The minimum atomic E-state index is -3.79. The van der Waals surface area contributed by atoms with Crippen LogP contribution >= 0.6 is 0 Å². The number of nitrogens with zero attached hydrogens (tertiary/aromatic N) is 1. The number of esters is 1. The van der Waals surface area contributed by atoms with Crippen LogP contribution in [0, 0.1) is 13.8 Å². The molecule has 0 bridgehead atoms. The van der Waals surface area contributed by atoms with E-state index in [0.29, 0.717) is 18.5 Å². The SMILES string of the molecule is Cc1ccc(C)c(C(=O)COC(=O)c2cccc(S(=O)(=O)N3CCc4ccccc4C3)c2)c1. The van der Waals surface area contributed by atoms with Crippen LogP contribution < -0.4 is 0 Å². The van der Waals surface area contributed by atoms with Gasteiger partial charge in [-0.05, 0) is 61.2 Å². The minimum Gasteiger partial charge on any atom is -0.454 e. The lowest BCUT2D eigenvalue weighted by molar-refractivity contribution is 0.0474. The lowest BCUT2D eigenvalue weighted by Gasteiger charge is -2.28. The number of carbonyl (C=O) groups excluding carboxylic acids is 2. The van der Waals surface area contributed by atoms with Crippen molar-refractivity contribution >= 4 is 21.8 Å². The number of rotatable bonds is 6. The Labute approximate surface area is 193 Å². The second kappa shape index (κ2) is 9.29. The van der Waals surface area contributed by atoms with Crippen LogP contribution in [-0.4, -0.2) is 37.6 Å². The third-order valence-corrected chi connectivity index (χ3v) is 7.67. The molecule has 0 unspecified atom stereocenters. The van der Waals surface area contributed by atoms with E-state index in [1.54, 1.807) is 6.07 Å². The van der Waals surface area contributed by atoms with Crippen LogP contribution in [0.4, 0.5) is 0 Å². The fourth-order valence-electron chi connectivity index (χ4n) is 3.94. The van der Waals surface area contributed by atoms with Gasteiger partial charge in [0.1, 0.15) is 0 Å². The van der Waals surface area contributed by atoms with Gasteiger partial charge in [-0.15, -0.1) is 0 Å². The van der Waals surface area contributed by atoms with Gasteiger partial charge in [-0.3, -0.25) is 4.79 Å². The van der Waals surface area contributed by atoms with Gasteiger partial charge in [0.2, 0.25) is 15.8 Å². The molecule has 0 amide bonds. The third kappa shape index (κ3) is 4.89. The van der Waals surface area contributed by atoms with Gasteiger partial charge in [0, 0.05) is 18.7 Å². The van der Waals surface area contributed by atoms with Crippen molar-refractivity contribution in [3.05, 3.63) is 100 Å². The van der Waals surface area contributed by atoms with Crippen molar-refractivity contribution in [1.82, 2.24) is 4.31 Å². The fraction of sp³-hybridized carbons (Fsp3) is 0.231. The lowest BCUT2D eigenvalue weighted by Crippen LogP contribution is -2.36. The second-order valence-corrected chi connectivity index (χ2v) is 10.1. The van der Waals surface area contributed by atoms with Crippen LogP contribution in [0.15, 0.2) is 71.6 Å². The first-order chi connectivity index (χ1) is 15.8. The molecule has 3 aromatic rings. The number of hydrogen-bond donors (Lipinski definition) is 0. The summed E-state index contributed by atoms with van der Waals surface area (Å²) in [5.74, 6) is -1.05. The normalized spacial score (nSPS) is 13.9. The molecule has 0 saturated heterocycles. The van der Waals surface area contributed by atoms with E-state index in [4.69, 9.17) is 4.74 Å². The standard InChI is InChI=1S/C26H25NO5S/c1-18-10-11-19(2)24(14-18)25(28)17-32-26(29)21-8-5-9-23(15-21)33(30,31)27-13-12-20-6-3-4-7-22(20)16-27/h3-11,14-15H,12-13,16-17H2,1-2H3. The number of fused-ring (bicyclic) bond motifs is 1. The molecule has 0 spiro atoms. The van der Waals surface area contributed by atoms with Crippen LogP contribution in [-0.2, 0) is 27.7 Å². The first-order valence-corrected chi connectivity index (χ1v) is 12.1. The summed E-state index contributed by atoms with van der Waals surface area (Å²) >= 11 is 0. The number of ketones is 1. The zero-order valence-electron chi connectivity index (χ0n) is 18.6. The van der Waals surface area contributed by atoms with Gasteiger partial charge in [-0.25, -0.2) is 13.2 Å². The molecule has 1 heterocycles. The van der Waals surface area contributed by atoms with Crippen molar-refractivity contribution in [2.45, 2.75) is 31.7 Å². The molecule has 0 aliphatic carbocycles. The molecular weight excluding hydrogens is 438 g/mol. The van der Waals surface area contributed by atoms with Crippen LogP contribution in [0.3, 0.4) is 0 Å². The molecule has 0 radical (unpaired) electrons. The Hall–Kier alpha value is -3.29. The Morgan fingerprint density at radius 3 is 2.48 bits per heavy atom. The van der Waals surface area contributed by atoms with E-state index in [0.717, 1.165) is 22.3 Å². The van der Waals surface area contributed by atoms with Crippen molar-refractivity contribution in [1.29, 1.82) is 0 Å². The summed E-state index contributed by atoms with van der Waals surface area (Å²) < 4.78 is 33.0. The van der Waals surface area contributed by atoms with Crippen LogP contribution in [0.25, 0.3) is 0 Å². The summed E-state index contributed by atoms with van der Waals surface area (Å²) in [6, 6.07) is 19.1. The third-order valence-electron chi connectivity index (χ3n) is 5.83. The quantitative estimate of drug-likeness (QED) is 0.406. The van der Waals surface area contributed by atoms with Gasteiger partial charge in [0.05, 0.1) is 10.5 Å². The fourth-order valence-corrected chi connectivity index (χ4v) is 5.40. The first-order valence-electron chi connectivity index (χ1n) is 10.7. The topological polar surface area (TPSA) is 80.8 Å². The second-order valence-electron chi connectivity index (χ2n) is 8.20. The van der Waals surface area contributed by atoms with Gasteiger partial charge < -0.3 is 4.74 Å². The molecule has 0 fully saturated rings. The van der Waals surface area contributed by atoms with Gasteiger partial charge in [-0.2, -0.15) is 4.31 Å². The Balaban J connectivity index is 1.47. The number of carbonyl (C=O) groups is 2. The molecule has 7 heteroatoms. The molecular formula is C26H25NO5S. The Morgan fingerprint density at radius 1 is 0.939 bits per heavy atom. The smallest absolute Gasteiger partial charge is 0.338 e. The summed E-state index contributed by atoms with van der Waals surface area (Å²) in [5.41, 5.74) is 4.46.